The summed E-state index contributed by atoms with van der Waals surface area (Å²) in [4.78, 5) is 22.9. The molecule has 0 atom stereocenters. The Kier molecular flexibility index (Phi) is 3.76. The van der Waals surface area contributed by atoms with E-state index in [1.807, 2.05) is 0 Å². The Hall–Kier alpha value is -2.87. The number of hydrogen-bond donors (Lipinski definition) is 1. The smallest absolute Gasteiger partial charge is 0.408 e. The van der Waals surface area contributed by atoms with E-state index in [1.165, 1.54) is 42.8 Å². The molecule has 24 heavy (non-hydrogen) atoms. The number of anilines is 1. The van der Waals surface area contributed by atoms with Crippen LogP contribution in [0.25, 0.3) is 11.1 Å². The molecule has 0 spiro atoms. The fourth-order valence-corrected chi connectivity index (χ4v) is 3.36. The van der Waals surface area contributed by atoms with Crippen molar-refractivity contribution in [2.45, 2.75) is 11.8 Å². The Morgan fingerprint density at radius 1 is 1.17 bits per heavy atom. The summed E-state index contributed by atoms with van der Waals surface area (Å²) in [5.74, 6) is -0.729. The predicted octanol–water partition coefficient (Wildman–Crippen LogP) is 2.13. The molecule has 0 bridgehead atoms. The number of nitrogens with zero attached hydrogens (tertiary/aromatic N) is 1. The number of carbonyl (C=O) groups excluding carboxylic acids is 1. The first-order valence-electron chi connectivity index (χ1n) is 7.01. The highest BCUT2D eigenvalue weighted by Crippen LogP contribution is 2.21. The van der Waals surface area contributed by atoms with Gasteiger partial charge in [-0.05, 0) is 37.3 Å². The number of rotatable bonds is 4. The van der Waals surface area contributed by atoms with Crippen LogP contribution < -0.4 is 10.5 Å². The van der Waals surface area contributed by atoms with Gasteiger partial charge in [-0.25, -0.2) is 13.2 Å². The lowest BCUT2D eigenvalue weighted by molar-refractivity contribution is 0.101. The lowest BCUT2D eigenvalue weighted by atomic mass is 10.1. The summed E-state index contributed by atoms with van der Waals surface area (Å²) in [6.45, 7) is 1.40. The first-order valence-corrected chi connectivity index (χ1v) is 8.50. The lowest BCUT2D eigenvalue weighted by Crippen LogP contribution is -2.13. The second kappa shape index (κ2) is 5.64. The molecule has 1 heterocycles. The number of nitrogens with one attached hydrogen (secondary N) is 1. The minimum absolute atomic E-state index is 0.0142. The molecule has 0 aliphatic rings. The molecule has 8 heteroatoms. The number of fused-ring (bicyclic) bond motifs is 1. The van der Waals surface area contributed by atoms with Crippen LogP contribution in [-0.2, 0) is 17.1 Å². The molecule has 1 N–H and O–H groups in total. The van der Waals surface area contributed by atoms with Crippen molar-refractivity contribution in [3.63, 3.8) is 0 Å². The average Bonchev–Trinajstić information content (AvgIpc) is 2.81. The van der Waals surface area contributed by atoms with Gasteiger partial charge in [0, 0.05) is 18.3 Å². The van der Waals surface area contributed by atoms with E-state index < -0.39 is 15.8 Å². The fourth-order valence-electron chi connectivity index (χ4n) is 2.29. The molecule has 0 amide bonds. The number of aromatic nitrogens is 1. The standard InChI is InChI=1S/C16H14N2O5S/c1-10(19)11-4-3-5-12(8-11)17-24(21,22)13-6-7-15-14(9-13)18(2)16(20)23-15/h3-9,17H,1-2H3. The van der Waals surface area contributed by atoms with Gasteiger partial charge in [-0.3, -0.25) is 14.1 Å². The summed E-state index contributed by atoms with van der Waals surface area (Å²) in [7, 11) is -2.38. The van der Waals surface area contributed by atoms with E-state index in [0.29, 0.717) is 16.7 Å². The minimum atomic E-state index is -3.87. The summed E-state index contributed by atoms with van der Waals surface area (Å²) in [6, 6.07) is 10.4. The first kappa shape index (κ1) is 16.0. The summed E-state index contributed by atoms with van der Waals surface area (Å²) < 4.78 is 33.7. The van der Waals surface area contributed by atoms with E-state index in [0.717, 1.165) is 0 Å². The summed E-state index contributed by atoms with van der Waals surface area (Å²) in [6.07, 6.45) is 0. The number of sulfonamides is 1. The summed E-state index contributed by atoms with van der Waals surface area (Å²) in [5, 5.41) is 0. The van der Waals surface area contributed by atoms with Gasteiger partial charge < -0.3 is 4.42 Å². The topological polar surface area (TPSA) is 98.4 Å². The lowest BCUT2D eigenvalue weighted by Gasteiger charge is -2.09. The van der Waals surface area contributed by atoms with Crippen molar-refractivity contribution < 1.29 is 17.6 Å². The molecule has 1 aromatic heterocycles. The maximum Gasteiger partial charge on any atom is 0.419 e. The molecule has 2 aromatic carbocycles. The molecule has 0 saturated heterocycles. The van der Waals surface area contributed by atoms with Crippen molar-refractivity contribution in [2.75, 3.05) is 4.72 Å². The third-order valence-electron chi connectivity index (χ3n) is 3.59. The van der Waals surface area contributed by atoms with Gasteiger partial charge in [0.15, 0.2) is 11.4 Å². The number of benzene rings is 2. The molecule has 7 nitrogen and oxygen atoms in total. The zero-order valence-electron chi connectivity index (χ0n) is 12.9. The van der Waals surface area contributed by atoms with E-state index in [4.69, 9.17) is 4.42 Å². The number of oxazole rings is 1. The molecule has 0 aliphatic carbocycles. The van der Waals surface area contributed by atoms with Gasteiger partial charge >= 0.3 is 5.76 Å². The summed E-state index contributed by atoms with van der Waals surface area (Å²) >= 11 is 0. The van der Waals surface area contributed by atoms with Gasteiger partial charge in [0.2, 0.25) is 0 Å². The highest BCUT2D eigenvalue weighted by molar-refractivity contribution is 7.92. The van der Waals surface area contributed by atoms with Crippen LogP contribution in [0.5, 0.6) is 0 Å². The normalized spacial score (nSPS) is 11.6. The quantitative estimate of drug-likeness (QED) is 0.730. The van der Waals surface area contributed by atoms with Crippen LogP contribution in [-0.4, -0.2) is 18.8 Å². The Labute approximate surface area is 137 Å². The fraction of sp³-hybridized carbons (Fsp3) is 0.125. The largest absolute Gasteiger partial charge is 0.419 e. The molecule has 0 saturated carbocycles. The Morgan fingerprint density at radius 3 is 2.62 bits per heavy atom. The second-order valence-corrected chi connectivity index (χ2v) is 6.98. The predicted molar refractivity (Wildman–Crippen MR) is 88.7 cm³/mol. The minimum Gasteiger partial charge on any atom is -0.408 e. The SMILES string of the molecule is CC(=O)c1cccc(NS(=O)(=O)c2ccc3oc(=O)n(C)c3c2)c1. The number of carbonyl (C=O) groups is 1. The molecule has 3 aromatic rings. The third kappa shape index (κ3) is 2.83. The van der Waals surface area contributed by atoms with Gasteiger partial charge in [0.25, 0.3) is 10.0 Å². The van der Waals surface area contributed by atoms with E-state index in [9.17, 15) is 18.0 Å². The van der Waals surface area contributed by atoms with Crippen molar-refractivity contribution in [2.24, 2.45) is 7.05 Å². The first-order chi connectivity index (χ1) is 11.3. The van der Waals surface area contributed by atoms with Gasteiger partial charge in [-0.2, -0.15) is 0 Å². The van der Waals surface area contributed by atoms with Crippen LogP contribution in [0.3, 0.4) is 0 Å². The van der Waals surface area contributed by atoms with Crippen LogP contribution in [0.15, 0.2) is 56.6 Å². The number of aryl methyl sites for hydroxylation is 1. The molecule has 0 fully saturated rings. The molecule has 0 radical (unpaired) electrons. The Morgan fingerprint density at radius 2 is 1.92 bits per heavy atom. The monoisotopic (exact) mass is 346 g/mol. The Bertz CT molecular complexity index is 1110. The Balaban J connectivity index is 2.01. The molecule has 124 valence electrons. The van der Waals surface area contributed by atoms with Crippen LogP contribution >= 0.6 is 0 Å². The van der Waals surface area contributed by atoms with Gasteiger partial charge in [0.1, 0.15) is 0 Å². The van der Waals surface area contributed by atoms with Crippen LogP contribution in [0.2, 0.25) is 0 Å². The molecular weight excluding hydrogens is 332 g/mol. The average molecular weight is 346 g/mol. The van der Waals surface area contributed by atoms with Crippen molar-refractivity contribution in [3.05, 3.63) is 58.6 Å². The molecular formula is C16H14N2O5S. The van der Waals surface area contributed by atoms with E-state index >= 15 is 0 Å². The van der Waals surface area contributed by atoms with E-state index in [-0.39, 0.29) is 16.4 Å². The van der Waals surface area contributed by atoms with Crippen molar-refractivity contribution in [1.29, 1.82) is 0 Å². The van der Waals surface area contributed by atoms with Crippen molar-refractivity contribution in [3.8, 4) is 0 Å². The van der Waals surface area contributed by atoms with Crippen molar-refractivity contribution >= 4 is 32.6 Å². The molecule has 0 unspecified atom stereocenters. The third-order valence-corrected chi connectivity index (χ3v) is 4.97. The van der Waals surface area contributed by atoms with Crippen LogP contribution in [0, 0.1) is 0 Å². The number of ketones is 1. The number of Topliss-reactive ketones (excluding diaryl/α,β-unsaturated/α-hetero) is 1. The van der Waals surface area contributed by atoms with Gasteiger partial charge in [0.05, 0.1) is 10.4 Å². The maximum absolute atomic E-state index is 12.5. The van der Waals surface area contributed by atoms with E-state index in [2.05, 4.69) is 4.72 Å². The zero-order chi connectivity index (χ0) is 17.5. The van der Waals surface area contributed by atoms with E-state index in [1.54, 1.807) is 18.2 Å². The van der Waals surface area contributed by atoms with Crippen LogP contribution in [0.4, 0.5) is 5.69 Å². The highest BCUT2D eigenvalue weighted by atomic mass is 32.2. The van der Waals surface area contributed by atoms with Gasteiger partial charge in [-0.15, -0.1) is 0 Å². The van der Waals surface area contributed by atoms with Crippen LogP contribution in [0.1, 0.15) is 17.3 Å². The maximum atomic E-state index is 12.5. The molecule has 0 aliphatic heterocycles. The zero-order valence-corrected chi connectivity index (χ0v) is 13.8. The summed E-state index contributed by atoms with van der Waals surface area (Å²) in [5.41, 5.74) is 1.37. The number of hydrogen-bond acceptors (Lipinski definition) is 5. The van der Waals surface area contributed by atoms with Gasteiger partial charge in [-0.1, -0.05) is 12.1 Å². The molecule has 3 rings (SSSR count). The van der Waals surface area contributed by atoms with Crippen molar-refractivity contribution in [1.82, 2.24) is 4.57 Å². The second-order valence-electron chi connectivity index (χ2n) is 5.30. The highest BCUT2D eigenvalue weighted by Gasteiger charge is 2.17.